The molecular weight excluding hydrogens is 590 g/mol. The first-order valence-electron chi connectivity index (χ1n) is 13.0. The minimum Gasteiger partial charge on any atom is -0.362 e. The first kappa shape index (κ1) is 28.0. The van der Waals surface area contributed by atoms with Gasteiger partial charge in [-0.2, -0.15) is 4.31 Å². The molecular formula is C32H28BrNO5S. The van der Waals surface area contributed by atoms with Crippen LogP contribution < -0.4 is 0 Å². The fourth-order valence-electron chi connectivity index (χ4n) is 5.49. The van der Waals surface area contributed by atoms with Crippen LogP contribution in [0.3, 0.4) is 0 Å². The van der Waals surface area contributed by atoms with Crippen LogP contribution >= 0.6 is 15.9 Å². The monoisotopic (exact) mass is 617 g/mol. The van der Waals surface area contributed by atoms with Crippen molar-refractivity contribution in [1.29, 1.82) is 0 Å². The van der Waals surface area contributed by atoms with E-state index in [0.29, 0.717) is 39.4 Å². The number of hydrogen-bond donors (Lipinski definition) is 1. The maximum atomic E-state index is 14.2. The predicted molar refractivity (Wildman–Crippen MR) is 157 cm³/mol. The molecule has 0 saturated carbocycles. The molecule has 1 atom stereocenters. The molecule has 0 aliphatic carbocycles. The summed E-state index contributed by atoms with van der Waals surface area (Å²) in [7, 11) is -4.52. The van der Waals surface area contributed by atoms with E-state index in [1.165, 1.54) is 18.2 Å². The third-order valence-electron chi connectivity index (χ3n) is 7.40. The van der Waals surface area contributed by atoms with Crippen LogP contribution in [0, 0.1) is 6.92 Å². The smallest absolute Gasteiger partial charge is 0.271 e. The highest BCUT2D eigenvalue weighted by Gasteiger charge is 2.57. The van der Waals surface area contributed by atoms with Gasteiger partial charge in [-0.05, 0) is 73.4 Å². The zero-order valence-electron chi connectivity index (χ0n) is 22.3. The number of fused-ring (bicyclic) bond motifs is 1. The predicted octanol–water partition coefficient (Wildman–Crippen LogP) is 6.15. The highest BCUT2D eigenvalue weighted by atomic mass is 79.9. The van der Waals surface area contributed by atoms with Crippen LogP contribution in [-0.4, -0.2) is 29.5 Å². The highest BCUT2D eigenvalue weighted by molar-refractivity contribution is 9.10. The third kappa shape index (κ3) is 4.31. The Morgan fingerprint density at radius 1 is 0.900 bits per heavy atom. The van der Waals surface area contributed by atoms with Gasteiger partial charge in [0.05, 0.1) is 10.5 Å². The lowest BCUT2D eigenvalue weighted by Crippen LogP contribution is -2.48. The molecule has 0 aromatic heterocycles. The van der Waals surface area contributed by atoms with E-state index in [1.54, 1.807) is 66.7 Å². The van der Waals surface area contributed by atoms with E-state index in [0.717, 1.165) is 10.0 Å². The maximum absolute atomic E-state index is 14.2. The van der Waals surface area contributed by atoms with Gasteiger partial charge in [0.1, 0.15) is 0 Å². The minimum absolute atomic E-state index is 0.00319. The first-order valence-corrected chi connectivity index (χ1v) is 15.2. The molecule has 0 spiro atoms. The summed E-state index contributed by atoms with van der Waals surface area (Å²) in [5.41, 5.74) is 0.986. The minimum atomic E-state index is -4.52. The number of aryl methyl sites for hydroxylation is 1. The van der Waals surface area contributed by atoms with Gasteiger partial charge < -0.3 is 5.11 Å². The number of hydrogen-bond acceptors (Lipinski definition) is 5. The maximum Gasteiger partial charge on any atom is 0.271 e. The van der Waals surface area contributed by atoms with Crippen LogP contribution in [-0.2, 0) is 28.6 Å². The van der Waals surface area contributed by atoms with Crippen molar-refractivity contribution in [3.63, 3.8) is 0 Å². The first-order chi connectivity index (χ1) is 19.0. The number of ketones is 1. The van der Waals surface area contributed by atoms with E-state index < -0.39 is 21.7 Å². The van der Waals surface area contributed by atoms with Crippen LogP contribution in [0.15, 0.2) is 94.3 Å². The van der Waals surface area contributed by atoms with E-state index >= 15 is 0 Å². The lowest BCUT2D eigenvalue weighted by Gasteiger charge is -2.35. The van der Waals surface area contributed by atoms with Gasteiger partial charge in [-0.15, -0.1) is 0 Å². The van der Waals surface area contributed by atoms with Gasteiger partial charge in [0.25, 0.3) is 15.9 Å². The summed E-state index contributed by atoms with van der Waals surface area (Å²) in [5, 5.41) is 12.5. The van der Waals surface area contributed by atoms with Crippen LogP contribution in [0.2, 0.25) is 0 Å². The van der Waals surface area contributed by atoms with Crippen molar-refractivity contribution in [2.45, 2.75) is 44.2 Å². The van der Waals surface area contributed by atoms with Crippen molar-refractivity contribution < 1.29 is 23.1 Å². The molecule has 40 heavy (non-hydrogen) atoms. The molecule has 204 valence electrons. The Bertz CT molecular complexity index is 1730. The Morgan fingerprint density at radius 2 is 1.50 bits per heavy atom. The van der Waals surface area contributed by atoms with Crippen molar-refractivity contribution >= 4 is 37.6 Å². The van der Waals surface area contributed by atoms with Crippen LogP contribution in [0.4, 0.5) is 0 Å². The molecule has 4 aromatic rings. The quantitative estimate of drug-likeness (QED) is 0.251. The molecule has 0 unspecified atom stereocenters. The average Bonchev–Trinajstić information content (AvgIpc) is 3.20. The number of halogens is 1. The average molecular weight is 619 g/mol. The van der Waals surface area contributed by atoms with E-state index in [9.17, 15) is 23.1 Å². The molecule has 1 heterocycles. The Morgan fingerprint density at radius 3 is 2.08 bits per heavy atom. The molecule has 6 nitrogen and oxygen atoms in total. The number of carbonyl (C=O) groups excluding carboxylic acids is 2. The lowest BCUT2D eigenvalue weighted by atomic mass is 9.82. The van der Waals surface area contributed by atoms with Crippen LogP contribution in [0.1, 0.15) is 67.9 Å². The summed E-state index contributed by atoms with van der Waals surface area (Å²) in [5.74, 6) is -1.16. The highest BCUT2D eigenvalue weighted by Crippen LogP contribution is 2.48. The largest absolute Gasteiger partial charge is 0.362 e. The Balaban J connectivity index is 1.83. The van der Waals surface area contributed by atoms with Crippen molar-refractivity contribution in [2.24, 2.45) is 0 Å². The Labute approximate surface area is 242 Å². The number of rotatable bonds is 7. The topological polar surface area (TPSA) is 91.8 Å². The van der Waals surface area contributed by atoms with Gasteiger partial charge >= 0.3 is 0 Å². The van der Waals surface area contributed by atoms with Crippen molar-refractivity contribution in [3.05, 3.63) is 134 Å². The van der Waals surface area contributed by atoms with E-state index in [-0.39, 0.29) is 27.4 Å². The van der Waals surface area contributed by atoms with Gasteiger partial charge in [-0.25, -0.2) is 8.42 Å². The fraction of sp³-hybridized carbons (Fsp3) is 0.188. The fourth-order valence-corrected chi connectivity index (χ4v) is 7.30. The SMILES string of the molecule is CCc1c(C(=O)c2ccc(Br)cc2)cc2c(c1CC)[C@](O)(c1ccccc1)N(S(=O)(=O)c1ccc(C)cc1)C2=O. The molecule has 1 aliphatic heterocycles. The third-order valence-corrected chi connectivity index (χ3v) is 9.71. The van der Waals surface area contributed by atoms with E-state index in [1.807, 2.05) is 20.8 Å². The molecule has 1 N–H and O–H groups in total. The summed E-state index contributed by atoms with van der Waals surface area (Å²) >= 11 is 3.39. The normalized spacial score (nSPS) is 16.7. The van der Waals surface area contributed by atoms with Gasteiger partial charge in [-0.1, -0.05) is 77.8 Å². The molecule has 8 heteroatoms. The zero-order valence-corrected chi connectivity index (χ0v) is 24.7. The number of carbonyl (C=O) groups is 2. The summed E-state index contributed by atoms with van der Waals surface area (Å²) in [6.45, 7) is 5.60. The van der Waals surface area contributed by atoms with Gasteiger partial charge in [0.15, 0.2) is 5.78 Å². The second-order valence-corrected chi connectivity index (χ2v) is 12.5. The lowest BCUT2D eigenvalue weighted by molar-refractivity contribution is -0.00772. The Hall–Kier alpha value is -3.59. The molecule has 0 bridgehead atoms. The molecule has 0 saturated heterocycles. The molecule has 5 rings (SSSR count). The Kier molecular flexibility index (Phi) is 7.29. The molecule has 0 radical (unpaired) electrons. The second kappa shape index (κ2) is 10.4. The standard InChI is InChI=1S/C32H28BrNO5S/c1-4-25-26(5-2)29-28(19-27(25)30(35)21-13-15-23(33)16-14-21)31(36)34(32(29,37)22-9-7-6-8-10-22)40(38,39)24-17-11-20(3)12-18-24/h6-19,37H,4-5H2,1-3H3/t32-/m1/s1. The number of aliphatic hydroxyl groups is 1. The van der Waals surface area contributed by atoms with Crippen LogP contribution in [0.5, 0.6) is 0 Å². The second-order valence-electron chi connectivity index (χ2n) is 9.77. The van der Waals surface area contributed by atoms with E-state index in [2.05, 4.69) is 15.9 Å². The van der Waals surface area contributed by atoms with Gasteiger partial charge in [0.2, 0.25) is 5.72 Å². The number of nitrogens with zero attached hydrogens (tertiary/aromatic N) is 1. The molecule has 1 aliphatic rings. The van der Waals surface area contributed by atoms with Gasteiger partial charge in [0, 0.05) is 26.7 Å². The number of amides is 1. The van der Waals surface area contributed by atoms with Crippen molar-refractivity contribution in [2.75, 3.05) is 0 Å². The number of benzene rings is 4. The molecule has 0 fully saturated rings. The van der Waals surface area contributed by atoms with Crippen molar-refractivity contribution in [3.8, 4) is 0 Å². The summed E-state index contributed by atoms with van der Waals surface area (Å²) in [6, 6.07) is 22.8. The molecule has 1 amide bonds. The number of sulfonamides is 1. The summed E-state index contributed by atoms with van der Waals surface area (Å²) in [4.78, 5) is 27.8. The zero-order chi connectivity index (χ0) is 28.8. The van der Waals surface area contributed by atoms with Crippen LogP contribution in [0.25, 0.3) is 0 Å². The molecule has 4 aromatic carbocycles. The summed E-state index contributed by atoms with van der Waals surface area (Å²) < 4.78 is 29.6. The van der Waals surface area contributed by atoms with Crippen molar-refractivity contribution in [1.82, 2.24) is 4.31 Å². The summed E-state index contributed by atoms with van der Waals surface area (Å²) in [6.07, 6.45) is 0.811. The van der Waals surface area contributed by atoms with Gasteiger partial charge in [-0.3, -0.25) is 9.59 Å². The van der Waals surface area contributed by atoms with E-state index in [4.69, 9.17) is 0 Å².